The van der Waals surface area contributed by atoms with Crippen molar-refractivity contribution >= 4 is 12.4 Å². The topological polar surface area (TPSA) is 55.5 Å². The highest BCUT2D eigenvalue weighted by Crippen LogP contribution is 2.16. The summed E-state index contributed by atoms with van der Waals surface area (Å²) in [4.78, 5) is 0. The quantitative estimate of drug-likeness (QED) is 0.652. The molecule has 2 atom stereocenters. The maximum atomic E-state index is 8.58. The Morgan fingerprint density at radius 1 is 1.64 bits per heavy atom. The minimum atomic E-state index is 0. The average Bonchev–Trinajstić information content (AvgIpc) is 2.38. The van der Waals surface area contributed by atoms with Crippen LogP contribution in [0.4, 0.5) is 0 Å². The second-order valence-electron chi connectivity index (χ2n) is 2.80. The first-order chi connectivity index (χ1) is 4.84. The van der Waals surface area contributed by atoms with Crippen LogP contribution in [0.5, 0.6) is 0 Å². The number of ether oxygens (including phenoxy) is 1. The van der Waals surface area contributed by atoms with Gasteiger partial charge in [0.1, 0.15) is 0 Å². The second-order valence-corrected chi connectivity index (χ2v) is 2.80. The lowest BCUT2D eigenvalue weighted by atomic mass is 9.98. The average molecular weight is 182 g/mol. The SMILES string of the molecule is Cl.NC(CCO)C1CCOC1. The Morgan fingerprint density at radius 2 is 2.36 bits per heavy atom. The summed E-state index contributed by atoms with van der Waals surface area (Å²) >= 11 is 0. The molecule has 0 amide bonds. The molecule has 68 valence electrons. The zero-order valence-electron chi connectivity index (χ0n) is 6.53. The van der Waals surface area contributed by atoms with E-state index in [0.29, 0.717) is 12.3 Å². The van der Waals surface area contributed by atoms with Gasteiger partial charge in [-0.2, -0.15) is 0 Å². The summed E-state index contributed by atoms with van der Waals surface area (Å²) in [6.07, 6.45) is 1.76. The molecule has 2 unspecified atom stereocenters. The van der Waals surface area contributed by atoms with E-state index in [9.17, 15) is 0 Å². The third-order valence-corrected chi connectivity index (χ3v) is 2.03. The lowest BCUT2D eigenvalue weighted by molar-refractivity contribution is 0.175. The maximum absolute atomic E-state index is 8.58. The van der Waals surface area contributed by atoms with E-state index in [1.165, 1.54) is 0 Å². The predicted molar refractivity (Wildman–Crippen MR) is 45.9 cm³/mol. The van der Waals surface area contributed by atoms with Gasteiger partial charge in [-0.1, -0.05) is 0 Å². The van der Waals surface area contributed by atoms with E-state index < -0.39 is 0 Å². The van der Waals surface area contributed by atoms with Crippen LogP contribution in [0.25, 0.3) is 0 Å². The Morgan fingerprint density at radius 3 is 2.82 bits per heavy atom. The molecule has 3 N–H and O–H groups in total. The fourth-order valence-electron chi connectivity index (χ4n) is 1.28. The van der Waals surface area contributed by atoms with Gasteiger partial charge in [-0.15, -0.1) is 12.4 Å². The molecule has 0 bridgehead atoms. The van der Waals surface area contributed by atoms with Crippen molar-refractivity contribution in [3.63, 3.8) is 0 Å². The molecule has 0 aromatic rings. The molecule has 0 aromatic carbocycles. The van der Waals surface area contributed by atoms with Crippen LogP contribution in [-0.2, 0) is 4.74 Å². The summed E-state index contributed by atoms with van der Waals surface area (Å²) < 4.78 is 5.16. The van der Waals surface area contributed by atoms with Crippen LogP contribution in [-0.4, -0.2) is 31.0 Å². The molecule has 1 rings (SSSR count). The van der Waals surface area contributed by atoms with Gasteiger partial charge in [0.05, 0.1) is 6.61 Å². The van der Waals surface area contributed by atoms with Gasteiger partial charge >= 0.3 is 0 Å². The summed E-state index contributed by atoms with van der Waals surface area (Å²) in [5.74, 6) is 0.479. The van der Waals surface area contributed by atoms with Crippen molar-refractivity contribution in [1.29, 1.82) is 0 Å². The first-order valence-electron chi connectivity index (χ1n) is 3.78. The summed E-state index contributed by atoms with van der Waals surface area (Å²) in [6, 6.07) is 0.132. The summed E-state index contributed by atoms with van der Waals surface area (Å²) in [7, 11) is 0. The van der Waals surface area contributed by atoms with Crippen LogP contribution >= 0.6 is 12.4 Å². The van der Waals surface area contributed by atoms with Gasteiger partial charge in [-0.3, -0.25) is 0 Å². The highest BCUT2D eigenvalue weighted by molar-refractivity contribution is 5.85. The second kappa shape index (κ2) is 5.77. The molecule has 0 saturated carbocycles. The third kappa shape index (κ3) is 3.38. The van der Waals surface area contributed by atoms with Crippen molar-refractivity contribution in [1.82, 2.24) is 0 Å². The van der Waals surface area contributed by atoms with Crippen molar-refractivity contribution in [2.45, 2.75) is 18.9 Å². The van der Waals surface area contributed by atoms with E-state index in [0.717, 1.165) is 19.6 Å². The number of hydrogen-bond acceptors (Lipinski definition) is 3. The number of halogens is 1. The Hall–Kier alpha value is 0.170. The van der Waals surface area contributed by atoms with Crippen molar-refractivity contribution in [2.24, 2.45) is 11.7 Å². The van der Waals surface area contributed by atoms with Crippen LogP contribution in [0.15, 0.2) is 0 Å². The number of aliphatic hydroxyl groups excluding tert-OH is 1. The Balaban J connectivity index is 0.000001000. The molecular weight excluding hydrogens is 166 g/mol. The molecule has 4 heteroatoms. The zero-order chi connectivity index (χ0) is 7.40. The molecular formula is C7H16ClNO2. The van der Waals surface area contributed by atoms with Crippen molar-refractivity contribution in [3.05, 3.63) is 0 Å². The van der Waals surface area contributed by atoms with Crippen LogP contribution in [0.1, 0.15) is 12.8 Å². The highest BCUT2D eigenvalue weighted by atomic mass is 35.5. The molecule has 11 heavy (non-hydrogen) atoms. The predicted octanol–water partition coefficient (Wildman–Crippen LogP) is 0.154. The molecule has 0 aromatic heterocycles. The van der Waals surface area contributed by atoms with Gasteiger partial charge in [-0.25, -0.2) is 0 Å². The van der Waals surface area contributed by atoms with Gasteiger partial charge in [0.15, 0.2) is 0 Å². The van der Waals surface area contributed by atoms with E-state index in [-0.39, 0.29) is 25.1 Å². The van der Waals surface area contributed by atoms with Gasteiger partial charge in [0.2, 0.25) is 0 Å². The zero-order valence-corrected chi connectivity index (χ0v) is 7.35. The van der Waals surface area contributed by atoms with E-state index in [2.05, 4.69) is 0 Å². The first kappa shape index (κ1) is 11.2. The molecule has 1 heterocycles. The van der Waals surface area contributed by atoms with Crippen molar-refractivity contribution < 1.29 is 9.84 Å². The Labute approximate surface area is 73.3 Å². The third-order valence-electron chi connectivity index (χ3n) is 2.03. The minimum absolute atomic E-state index is 0. The standard InChI is InChI=1S/C7H15NO2.ClH/c8-7(1-3-9)6-2-4-10-5-6;/h6-7,9H,1-5,8H2;1H. The van der Waals surface area contributed by atoms with Crippen LogP contribution in [0.2, 0.25) is 0 Å². The fraction of sp³-hybridized carbons (Fsp3) is 1.00. The van der Waals surface area contributed by atoms with Gasteiger partial charge in [-0.05, 0) is 18.8 Å². The van der Waals surface area contributed by atoms with Gasteiger partial charge < -0.3 is 15.6 Å². The Bertz CT molecular complexity index is 96.4. The fourth-order valence-corrected chi connectivity index (χ4v) is 1.28. The molecule has 3 nitrogen and oxygen atoms in total. The number of rotatable bonds is 3. The first-order valence-corrected chi connectivity index (χ1v) is 3.78. The van der Waals surface area contributed by atoms with Gasteiger partial charge in [0.25, 0.3) is 0 Å². The summed E-state index contributed by atoms with van der Waals surface area (Å²) in [6.45, 7) is 1.81. The highest BCUT2D eigenvalue weighted by Gasteiger charge is 2.21. The normalized spacial score (nSPS) is 26.2. The lowest BCUT2D eigenvalue weighted by Crippen LogP contribution is -2.31. The van der Waals surface area contributed by atoms with E-state index in [1.54, 1.807) is 0 Å². The summed E-state index contributed by atoms with van der Waals surface area (Å²) in [5, 5.41) is 8.58. The molecule has 1 aliphatic rings. The van der Waals surface area contributed by atoms with Crippen LogP contribution < -0.4 is 5.73 Å². The molecule has 1 fully saturated rings. The minimum Gasteiger partial charge on any atom is -0.396 e. The van der Waals surface area contributed by atoms with E-state index in [1.807, 2.05) is 0 Å². The smallest absolute Gasteiger partial charge is 0.0509 e. The Kier molecular flexibility index (Phi) is 5.86. The van der Waals surface area contributed by atoms with Crippen LogP contribution in [0, 0.1) is 5.92 Å². The van der Waals surface area contributed by atoms with Crippen LogP contribution in [0.3, 0.4) is 0 Å². The molecule has 0 spiro atoms. The maximum Gasteiger partial charge on any atom is 0.0509 e. The summed E-state index contributed by atoms with van der Waals surface area (Å²) in [5.41, 5.74) is 5.75. The van der Waals surface area contributed by atoms with E-state index >= 15 is 0 Å². The van der Waals surface area contributed by atoms with Crippen molar-refractivity contribution in [3.8, 4) is 0 Å². The largest absolute Gasteiger partial charge is 0.396 e. The monoisotopic (exact) mass is 181 g/mol. The van der Waals surface area contributed by atoms with Crippen molar-refractivity contribution in [2.75, 3.05) is 19.8 Å². The molecule has 0 radical (unpaired) electrons. The number of aliphatic hydroxyl groups is 1. The number of nitrogens with two attached hydrogens (primary N) is 1. The molecule has 0 aliphatic carbocycles. The van der Waals surface area contributed by atoms with E-state index in [4.69, 9.17) is 15.6 Å². The molecule has 1 saturated heterocycles. The molecule has 1 aliphatic heterocycles. The van der Waals surface area contributed by atoms with Gasteiger partial charge in [0, 0.05) is 19.3 Å². The number of hydrogen-bond donors (Lipinski definition) is 2. The lowest BCUT2D eigenvalue weighted by Gasteiger charge is -2.15.